The second-order valence-corrected chi connectivity index (χ2v) is 12.0. The van der Waals surface area contributed by atoms with E-state index >= 15 is 0 Å². The molecule has 228 valence electrons. The average Bonchev–Trinajstić information content (AvgIpc) is 3.04. The van der Waals surface area contributed by atoms with E-state index in [4.69, 9.17) is 4.74 Å². The number of hydrogen-bond donors (Lipinski definition) is 1. The number of ether oxygens (including phenoxy) is 1. The van der Waals surface area contributed by atoms with Crippen LogP contribution >= 0.6 is 15.9 Å². The molecule has 3 aliphatic rings. The lowest BCUT2D eigenvalue weighted by Crippen LogP contribution is -2.51. The number of likely N-dealkylation sites (tertiary alicyclic amines) is 1. The number of carbonyl (C=O) groups excluding carboxylic acids is 1. The van der Waals surface area contributed by atoms with Crippen molar-refractivity contribution in [1.29, 1.82) is 5.26 Å². The Labute approximate surface area is 259 Å². The van der Waals surface area contributed by atoms with E-state index in [1.165, 1.54) is 38.0 Å². The third-order valence-electron chi connectivity index (χ3n) is 8.27. The summed E-state index contributed by atoms with van der Waals surface area (Å²) in [7, 11) is 2.22. The zero-order valence-corrected chi connectivity index (χ0v) is 26.9. The fourth-order valence-corrected chi connectivity index (χ4v) is 6.16. The first kappa shape index (κ1) is 32.3. The van der Waals surface area contributed by atoms with E-state index in [-0.39, 0.29) is 17.8 Å². The van der Waals surface area contributed by atoms with E-state index < -0.39 is 0 Å². The average molecular weight is 642 g/mol. The molecule has 42 heavy (non-hydrogen) atoms. The molecule has 0 unspecified atom stereocenters. The highest BCUT2D eigenvalue weighted by Crippen LogP contribution is 2.27. The number of nitrogens with zero attached hydrogens (tertiary/aromatic N) is 7. The number of nitrogens with one attached hydrogen (secondary N) is 1. The standard InChI is InChI=1S/C29H39BrN8O2.C2H6/c1-35-10-6-23(7-11-35)21-37-14-12-36(13-15-37)20-22-2-4-24(5-3-22)29(39)34-38(25-8-16-40-17-9-25)28-26(30)19-32-27(18-31)33-28;1-2/h2-5,19,23,25H,6-17,20-21H2,1H3,(H,34,39);1-2H3. The monoisotopic (exact) mass is 640 g/mol. The van der Waals surface area contributed by atoms with Crippen LogP contribution in [0.2, 0.25) is 0 Å². The molecule has 0 spiro atoms. The van der Waals surface area contributed by atoms with Gasteiger partial charge in [-0.3, -0.25) is 20.1 Å². The molecule has 0 bridgehead atoms. The summed E-state index contributed by atoms with van der Waals surface area (Å²) in [5.74, 6) is 1.15. The maximum atomic E-state index is 13.3. The number of halogens is 1. The minimum atomic E-state index is -0.218. The summed E-state index contributed by atoms with van der Waals surface area (Å²) in [6.45, 7) is 14.2. The van der Waals surface area contributed by atoms with Gasteiger partial charge in [-0.25, -0.2) is 4.98 Å². The highest BCUT2D eigenvalue weighted by Gasteiger charge is 2.28. The summed E-state index contributed by atoms with van der Waals surface area (Å²) in [5.41, 5.74) is 4.83. The molecule has 0 radical (unpaired) electrons. The van der Waals surface area contributed by atoms with E-state index in [1.54, 1.807) is 11.2 Å². The number of aromatic nitrogens is 2. The van der Waals surface area contributed by atoms with Gasteiger partial charge in [0.05, 0.1) is 10.5 Å². The van der Waals surface area contributed by atoms with Gasteiger partial charge in [0.25, 0.3) is 5.91 Å². The van der Waals surface area contributed by atoms with Gasteiger partial charge in [-0.05, 0) is 85.4 Å². The van der Waals surface area contributed by atoms with E-state index in [0.29, 0.717) is 29.1 Å². The maximum absolute atomic E-state index is 13.3. The highest BCUT2D eigenvalue weighted by atomic mass is 79.9. The molecule has 0 aliphatic carbocycles. The molecule has 3 aliphatic heterocycles. The number of piperidine rings is 1. The van der Waals surface area contributed by atoms with Crippen LogP contribution in [-0.2, 0) is 11.3 Å². The Morgan fingerprint density at radius 1 is 1.05 bits per heavy atom. The lowest BCUT2D eigenvalue weighted by molar-refractivity contribution is 0.0774. The van der Waals surface area contributed by atoms with E-state index in [0.717, 1.165) is 51.5 Å². The third kappa shape index (κ3) is 8.94. The van der Waals surface area contributed by atoms with Crippen LogP contribution in [-0.4, -0.2) is 103 Å². The van der Waals surface area contributed by atoms with Gasteiger partial charge < -0.3 is 14.5 Å². The number of nitriles is 1. The molecule has 3 saturated heterocycles. The van der Waals surface area contributed by atoms with Crippen LogP contribution in [0.4, 0.5) is 5.82 Å². The summed E-state index contributed by atoms with van der Waals surface area (Å²) < 4.78 is 6.14. The zero-order chi connectivity index (χ0) is 29.9. The van der Waals surface area contributed by atoms with Crippen molar-refractivity contribution >= 4 is 27.7 Å². The first-order valence-electron chi connectivity index (χ1n) is 15.3. The quantitative estimate of drug-likeness (QED) is 0.430. The van der Waals surface area contributed by atoms with E-state index in [1.807, 2.05) is 44.2 Å². The Hall–Kier alpha value is -2.62. The molecule has 0 atom stereocenters. The molecule has 3 fully saturated rings. The first-order valence-corrected chi connectivity index (χ1v) is 16.1. The molecule has 1 aromatic heterocycles. The van der Waals surface area contributed by atoms with Gasteiger partial charge in [-0.2, -0.15) is 10.2 Å². The SMILES string of the molecule is CC.CN1CCC(CN2CCN(Cc3ccc(C(=O)NN(c4nc(C#N)ncc4Br)C4CCOCC4)cc3)CC2)CC1. The predicted molar refractivity (Wildman–Crippen MR) is 168 cm³/mol. The summed E-state index contributed by atoms with van der Waals surface area (Å²) >= 11 is 3.49. The predicted octanol–water partition coefficient (Wildman–Crippen LogP) is 3.93. The molecule has 1 aromatic carbocycles. The van der Waals surface area contributed by atoms with Gasteiger partial charge in [-0.15, -0.1) is 0 Å². The Bertz CT molecular complexity index is 1170. The minimum absolute atomic E-state index is 0.00663. The van der Waals surface area contributed by atoms with Crippen LogP contribution in [0.25, 0.3) is 0 Å². The van der Waals surface area contributed by atoms with Crippen LogP contribution in [0.15, 0.2) is 34.9 Å². The lowest BCUT2D eigenvalue weighted by atomic mass is 9.96. The Morgan fingerprint density at radius 3 is 2.33 bits per heavy atom. The zero-order valence-electron chi connectivity index (χ0n) is 25.3. The second-order valence-electron chi connectivity index (χ2n) is 11.2. The number of amides is 1. The van der Waals surface area contributed by atoms with Crippen LogP contribution < -0.4 is 10.4 Å². The molecule has 10 nitrogen and oxygen atoms in total. The maximum Gasteiger partial charge on any atom is 0.269 e. The number of anilines is 1. The van der Waals surface area contributed by atoms with Crippen LogP contribution in [0.5, 0.6) is 0 Å². The summed E-state index contributed by atoms with van der Waals surface area (Å²) in [4.78, 5) is 29.3. The van der Waals surface area contributed by atoms with Crippen molar-refractivity contribution in [2.24, 2.45) is 5.92 Å². The second kappa shape index (κ2) is 16.3. The smallest absolute Gasteiger partial charge is 0.269 e. The van der Waals surface area contributed by atoms with Crippen molar-refractivity contribution < 1.29 is 9.53 Å². The van der Waals surface area contributed by atoms with Gasteiger partial charge in [-0.1, -0.05) is 26.0 Å². The molecule has 0 saturated carbocycles. The number of hydrazine groups is 1. The highest BCUT2D eigenvalue weighted by molar-refractivity contribution is 9.10. The van der Waals surface area contributed by atoms with E-state index in [9.17, 15) is 10.1 Å². The van der Waals surface area contributed by atoms with Crippen LogP contribution in [0.3, 0.4) is 0 Å². The van der Waals surface area contributed by atoms with Gasteiger partial charge in [0.2, 0.25) is 5.82 Å². The number of piperazine rings is 1. The summed E-state index contributed by atoms with van der Waals surface area (Å²) in [6, 6.07) is 9.85. The van der Waals surface area contributed by atoms with Crippen LogP contribution in [0, 0.1) is 17.2 Å². The third-order valence-corrected chi connectivity index (χ3v) is 8.83. The number of benzene rings is 1. The topological polar surface area (TPSA) is 101 Å². The summed E-state index contributed by atoms with van der Waals surface area (Å²) in [5, 5.41) is 11.1. The molecular formula is C31H45BrN8O2. The molecular weight excluding hydrogens is 596 g/mol. The van der Waals surface area contributed by atoms with Gasteiger partial charge in [0, 0.05) is 64.2 Å². The van der Waals surface area contributed by atoms with Crippen molar-refractivity contribution in [3.05, 3.63) is 51.9 Å². The normalized spacial score (nSPS) is 19.4. The first-order chi connectivity index (χ1) is 20.5. The molecule has 5 rings (SSSR count). The van der Waals surface area contributed by atoms with Gasteiger partial charge in [0.15, 0.2) is 5.82 Å². The van der Waals surface area contributed by atoms with Crippen LogP contribution in [0.1, 0.15) is 61.3 Å². The van der Waals surface area contributed by atoms with Gasteiger partial charge >= 0.3 is 0 Å². The van der Waals surface area contributed by atoms with Crippen molar-refractivity contribution in [3.8, 4) is 6.07 Å². The molecule has 4 heterocycles. The van der Waals surface area contributed by atoms with E-state index in [2.05, 4.69) is 53.1 Å². The number of rotatable bonds is 8. The Kier molecular flexibility index (Phi) is 12.5. The lowest BCUT2D eigenvalue weighted by Gasteiger charge is -2.38. The van der Waals surface area contributed by atoms with Crippen molar-refractivity contribution in [2.75, 3.05) is 71.1 Å². The van der Waals surface area contributed by atoms with Crippen molar-refractivity contribution in [1.82, 2.24) is 30.1 Å². The van der Waals surface area contributed by atoms with Gasteiger partial charge in [0.1, 0.15) is 6.07 Å². The van der Waals surface area contributed by atoms with Crippen molar-refractivity contribution in [3.63, 3.8) is 0 Å². The fourth-order valence-electron chi connectivity index (χ4n) is 5.77. The molecule has 11 heteroatoms. The largest absolute Gasteiger partial charge is 0.381 e. The summed E-state index contributed by atoms with van der Waals surface area (Å²) in [6.07, 6.45) is 5.66. The van der Waals surface area contributed by atoms with Crippen molar-refractivity contribution in [2.45, 2.75) is 52.1 Å². The fraction of sp³-hybridized carbons (Fsp3) is 0.613. The Balaban J connectivity index is 0.00000198. The molecule has 1 amide bonds. The Morgan fingerprint density at radius 2 is 1.69 bits per heavy atom. The molecule has 2 aromatic rings. The minimum Gasteiger partial charge on any atom is -0.381 e. The number of carbonyl (C=O) groups is 1. The molecule has 1 N–H and O–H groups in total. The number of hydrogen-bond acceptors (Lipinski definition) is 9.